The number of rotatable bonds is 4. The second-order valence-corrected chi connectivity index (χ2v) is 5.73. The van der Waals surface area contributed by atoms with E-state index in [1.165, 1.54) is 6.92 Å². The number of nitrogens with one attached hydrogen (secondary N) is 1. The molecular formula is C16H16Cl2N2O. The molecule has 2 aromatic carbocycles. The van der Waals surface area contributed by atoms with Crippen LogP contribution in [0.25, 0.3) is 0 Å². The number of carbonyl (C=O) groups is 1. The van der Waals surface area contributed by atoms with E-state index in [-0.39, 0.29) is 11.8 Å². The van der Waals surface area contributed by atoms with Crippen molar-refractivity contribution in [2.75, 3.05) is 11.1 Å². The van der Waals surface area contributed by atoms with Crippen LogP contribution < -0.4 is 11.1 Å². The first-order valence-corrected chi connectivity index (χ1v) is 7.26. The zero-order chi connectivity index (χ0) is 15.6. The van der Waals surface area contributed by atoms with E-state index >= 15 is 0 Å². The predicted molar refractivity (Wildman–Crippen MR) is 89.4 cm³/mol. The number of carbonyl (C=O) groups excluding carboxylic acids is 1. The van der Waals surface area contributed by atoms with Crippen molar-refractivity contribution in [1.29, 1.82) is 0 Å². The molecule has 1 atom stereocenters. The van der Waals surface area contributed by atoms with Crippen LogP contribution >= 0.6 is 23.2 Å². The number of benzene rings is 2. The van der Waals surface area contributed by atoms with Gasteiger partial charge in [-0.3, -0.25) is 4.79 Å². The molecule has 0 aliphatic carbocycles. The highest BCUT2D eigenvalue weighted by Crippen LogP contribution is 2.29. The molecule has 2 aromatic rings. The number of hydrogen-bond acceptors (Lipinski definition) is 3. The van der Waals surface area contributed by atoms with Crippen molar-refractivity contribution >= 4 is 40.4 Å². The van der Waals surface area contributed by atoms with E-state index < -0.39 is 0 Å². The van der Waals surface area contributed by atoms with Gasteiger partial charge in [0.2, 0.25) is 0 Å². The molecule has 0 spiro atoms. The van der Waals surface area contributed by atoms with Crippen LogP contribution in [-0.4, -0.2) is 5.78 Å². The lowest BCUT2D eigenvalue weighted by atomic mass is 10.1. The first-order valence-electron chi connectivity index (χ1n) is 6.50. The van der Waals surface area contributed by atoms with E-state index in [1.54, 1.807) is 24.3 Å². The first kappa shape index (κ1) is 15.7. The standard InChI is InChI=1S/C16H16Cl2N2O/c1-9(13-5-3-11(17)7-15(13)18)20-12-4-6-14(10(2)21)16(19)8-12/h3-9,20H,19H2,1-2H3. The molecule has 3 N–H and O–H groups in total. The van der Waals surface area contributed by atoms with E-state index in [9.17, 15) is 4.79 Å². The Balaban J connectivity index is 2.21. The summed E-state index contributed by atoms with van der Waals surface area (Å²) in [6.45, 7) is 3.49. The summed E-state index contributed by atoms with van der Waals surface area (Å²) in [7, 11) is 0. The quantitative estimate of drug-likeness (QED) is 0.618. The van der Waals surface area contributed by atoms with Gasteiger partial charge < -0.3 is 11.1 Å². The Morgan fingerprint density at radius 1 is 1.19 bits per heavy atom. The Morgan fingerprint density at radius 3 is 2.48 bits per heavy atom. The number of ketones is 1. The molecule has 21 heavy (non-hydrogen) atoms. The molecule has 0 amide bonds. The van der Waals surface area contributed by atoms with Crippen molar-refractivity contribution in [2.24, 2.45) is 0 Å². The third-order valence-electron chi connectivity index (χ3n) is 3.24. The molecule has 0 saturated heterocycles. The van der Waals surface area contributed by atoms with Crippen molar-refractivity contribution in [2.45, 2.75) is 19.9 Å². The van der Waals surface area contributed by atoms with Crippen LogP contribution in [0.4, 0.5) is 11.4 Å². The summed E-state index contributed by atoms with van der Waals surface area (Å²) in [5.74, 6) is -0.0483. The maximum absolute atomic E-state index is 11.4. The Labute approximate surface area is 134 Å². The molecule has 0 aromatic heterocycles. The highest BCUT2D eigenvalue weighted by Gasteiger charge is 2.11. The Morgan fingerprint density at radius 2 is 1.90 bits per heavy atom. The van der Waals surface area contributed by atoms with Gasteiger partial charge in [0.25, 0.3) is 0 Å². The summed E-state index contributed by atoms with van der Waals surface area (Å²) in [5, 5.41) is 4.52. The van der Waals surface area contributed by atoms with Crippen LogP contribution in [0.3, 0.4) is 0 Å². The molecule has 5 heteroatoms. The van der Waals surface area contributed by atoms with E-state index in [0.717, 1.165) is 11.3 Å². The Hall–Kier alpha value is -1.71. The fourth-order valence-corrected chi connectivity index (χ4v) is 2.73. The minimum atomic E-state index is -0.0483. The second-order valence-electron chi connectivity index (χ2n) is 4.89. The molecule has 2 rings (SSSR count). The van der Waals surface area contributed by atoms with E-state index in [1.807, 2.05) is 19.1 Å². The SMILES string of the molecule is CC(=O)c1ccc(NC(C)c2ccc(Cl)cc2Cl)cc1N. The van der Waals surface area contributed by atoms with Gasteiger partial charge in [-0.15, -0.1) is 0 Å². The lowest BCUT2D eigenvalue weighted by molar-refractivity contribution is 0.101. The number of halogens is 2. The number of anilines is 2. The highest BCUT2D eigenvalue weighted by atomic mass is 35.5. The van der Waals surface area contributed by atoms with Gasteiger partial charge >= 0.3 is 0 Å². The van der Waals surface area contributed by atoms with E-state index in [0.29, 0.717) is 21.3 Å². The fourth-order valence-electron chi connectivity index (χ4n) is 2.15. The topological polar surface area (TPSA) is 55.1 Å². The fraction of sp³-hybridized carbons (Fsp3) is 0.188. The maximum atomic E-state index is 11.4. The summed E-state index contributed by atoms with van der Waals surface area (Å²) in [6.07, 6.45) is 0. The normalized spacial score (nSPS) is 12.0. The van der Waals surface area contributed by atoms with E-state index in [2.05, 4.69) is 5.32 Å². The molecule has 0 fully saturated rings. The zero-order valence-corrected chi connectivity index (χ0v) is 13.3. The number of Topliss-reactive ketones (excluding diaryl/α,β-unsaturated/α-hetero) is 1. The van der Waals surface area contributed by atoms with Crippen LogP contribution in [0.5, 0.6) is 0 Å². The summed E-state index contributed by atoms with van der Waals surface area (Å²) in [6, 6.07) is 10.7. The van der Waals surface area contributed by atoms with Crippen molar-refractivity contribution in [1.82, 2.24) is 0 Å². The largest absolute Gasteiger partial charge is 0.398 e. The molecule has 0 heterocycles. The van der Waals surface area contributed by atoms with Crippen LogP contribution in [0.1, 0.15) is 35.8 Å². The molecule has 110 valence electrons. The van der Waals surface area contributed by atoms with Crippen LogP contribution in [0.2, 0.25) is 10.0 Å². The van der Waals surface area contributed by atoms with Crippen LogP contribution in [0.15, 0.2) is 36.4 Å². The van der Waals surface area contributed by atoms with Gasteiger partial charge in [0, 0.05) is 33.0 Å². The third kappa shape index (κ3) is 3.69. The molecule has 1 unspecified atom stereocenters. The van der Waals surface area contributed by atoms with E-state index in [4.69, 9.17) is 28.9 Å². The summed E-state index contributed by atoms with van der Waals surface area (Å²) < 4.78 is 0. The van der Waals surface area contributed by atoms with Crippen molar-refractivity contribution in [3.8, 4) is 0 Å². The first-order chi connectivity index (χ1) is 9.88. The Bertz CT molecular complexity index is 686. The summed E-state index contributed by atoms with van der Waals surface area (Å²) in [5.41, 5.74) is 8.64. The van der Waals surface area contributed by atoms with Crippen LogP contribution in [-0.2, 0) is 0 Å². The lowest BCUT2D eigenvalue weighted by Gasteiger charge is -2.18. The molecule has 0 saturated carbocycles. The summed E-state index contributed by atoms with van der Waals surface area (Å²) in [4.78, 5) is 11.4. The average Bonchev–Trinajstić information content (AvgIpc) is 2.37. The number of hydrogen-bond donors (Lipinski definition) is 2. The molecule has 0 bridgehead atoms. The van der Waals surface area contributed by atoms with Gasteiger partial charge in [0.1, 0.15) is 0 Å². The Kier molecular flexibility index (Phi) is 4.76. The number of nitrogens with two attached hydrogens (primary N) is 1. The van der Waals surface area contributed by atoms with Gasteiger partial charge in [0.15, 0.2) is 5.78 Å². The minimum absolute atomic E-state index is 0.0163. The van der Waals surface area contributed by atoms with Gasteiger partial charge in [-0.25, -0.2) is 0 Å². The highest BCUT2D eigenvalue weighted by molar-refractivity contribution is 6.35. The van der Waals surface area contributed by atoms with Gasteiger partial charge in [0.05, 0.1) is 0 Å². The van der Waals surface area contributed by atoms with Crippen molar-refractivity contribution in [3.05, 3.63) is 57.6 Å². The lowest BCUT2D eigenvalue weighted by Crippen LogP contribution is -2.08. The minimum Gasteiger partial charge on any atom is -0.398 e. The molecular weight excluding hydrogens is 307 g/mol. The second kappa shape index (κ2) is 6.37. The predicted octanol–water partition coefficient (Wildman–Crippen LogP) is 4.95. The van der Waals surface area contributed by atoms with Gasteiger partial charge in [-0.05, 0) is 49.7 Å². The average molecular weight is 323 g/mol. The monoisotopic (exact) mass is 322 g/mol. The van der Waals surface area contributed by atoms with Crippen molar-refractivity contribution in [3.63, 3.8) is 0 Å². The van der Waals surface area contributed by atoms with Crippen LogP contribution in [0, 0.1) is 0 Å². The maximum Gasteiger partial charge on any atom is 0.161 e. The molecule has 0 radical (unpaired) electrons. The third-order valence-corrected chi connectivity index (χ3v) is 3.81. The summed E-state index contributed by atoms with van der Waals surface area (Å²) >= 11 is 12.1. The van der Waals surface area contributed by atoms with Gasteiger partial charge in [-0.1, -0.05) is 29.3 Å². The molecule has 3 nitrogen and oxygen atoms in total. The molecule has 0 aliphatic rings. The molecule has 0 aliphatic heterocycles. The van der Waals surface area contributed by atoms with Gasteiger partial charge in [-0.2, -0.15) is 0 Å². The zero-order valence-electron chi connectivity index (χ0n) is 11.8. The smallest absolute Gasteiger partial charge is 0.161 e. The van der Waals surface area contributed by atoms with Crippen molar-refractivity contribution < 1.29 is 4.79 Å². The number of nitrogen functional groups attached to an aromatic ring is 1.